The Morgan fingerprint density at radius 2 is 1.97 bits per heavy atom. The average molecular weight is 501 g/mol. The molecule has 190 valence electrons. The molecule has 2 aromatic heterocycles. The molecule has 4 rings (SSSR count). The van der Waals surface area contributed by atoms with Crippen LogP contribution in [0.3, 0.4) is 0 Å². The molecule has 0 saturated carbocycles. The van der Waals surface area contributed by atoms with E-state index in [2.05, 4.69) is 20.4 Å². The maximum atomic E-state index is 14.2. The van der Waals surface area contributed by atoms with Gasteiger partial charge in [0.15, 0.2) is 5.69 Å². The van der Waals surface area contributed by atoms with Crippen molar-refractivity contribution >= 4 is 17.7 Å². The first-order chi connectivity index (χ1) is 17.2. The number of nitrogens with zero attached hydrogens (tertiary/aromatic N) is 3. The number of rotatable bonds is 8. The van der Waals surface area contributed by atoms with Crippen molar-refractivity contribution in [1.82, 2.24) is 25.3 Å². The van der Waals surface area contributed by atoms with Gasteiger partial charge < -0.3 is 25.5 Å². The SMILES string of the molecule is Cc1onc(C(N)=O)c1[C@H](CC(=O)N1CCCC1)C(=O)N[C@@H](C)c1ncc(-c2ccc(F)cc2F)[nH]1. The molecule has 2 atom stereocenters. The molecule has 1 fully saturated rings. The van der Waals surface area contributed by atoms with Gasteiger partial charge in [-0.25, -0.2) is 13.8 Å². The van der Waals surface area contributed by atoms with Crippen LogP contribution in [0.1, 0.15) is 65.8 Å². The Morgan fingerprint density at radius 1 is 1.25 bits per heavy atom. The molecule has 4 N–H and O–H groups in total. The molecule has 3 heterocycles. The smallest absolute Gasteiger partial charge is 0.271 e. The van der Waals surface area contributed by atoms with Gasteiger partial charge in [0.05, 0.1) is 23.9 Å². The highest BCUT2D eigenvalue weighted by Crippen LogP contribution is 2.30. The van der Waals surface area contributed by atoms with Crippen LogP contribution in [0.2, 0.25) is 0 Å². The number of amides is 3. The fourth-order valence-corrected chi connectivity index (χ4v) is 4.35. The van der Waals surface area contributed by atoms with Gasteiger partial charge in [-0.05, 0) is 38.8 Å². The summed E-state index contributed by atoms with van der Waals surface area (Å²) >= 11 is 0. The number of aromatic nitrogens is 3. The maximum absolute atomic E-state index is 14.2. The van der Waals surface area contributed by atoms with Crippen LogP contribution >= 0.6 is 0 Å². The Balaban J connectivity index is 1.57. The van der Waals surface area contributed by atoms with Crippen LogP contribution in [0, 0.1) is 18.6 Å². The van der Waals surface area contributed by atoms with Gasteiger partial charge in [-0.1, -0.05) is 5.16 Å². The number of carbonyl (C=O) groups is 3. The predicted molar refractivity (Wildman–Crippen MR) is 123 cm³/mol. The molecule has 1 saturated heterocycles. The minimum Gasteiger partial charge on any atom is -0.364 e. The van der Waals surface area contributed by atoms with Gasteiger partial charge in [-0.15, -0.1) is 0 Å². The third-order valence-electron chi connectivity index (χ3n) is 6.23. The highest BCUT2D eigenvalue weighted by Gasteiger charge is 2.35. The molecule has 0 aliphatic carbocycles. The Morgan fingerprint density at radius 3 is 2.64 bits per heavy atom. The highest BCUT2D eigenvalue weighted by atomic mass is 19.1. The van der Waals surface area contributed by atoms with E-state index in [4.69, 9.17) is 10.3 Å². The number of carbonyl (C=O) groups excluding carboxylic acids is 3. The Hall–Kier alpha value is -4.09. The number of hydrogen-bond acceptors (Lipinski definition) is 6. The molecular formula is C24H26F2N6O4. The monoisotopic (exact) mass is 500 g/mol. The van der Waals surface area contributed by atoms with E-state index in [0.717, 1.165) is 25.0 Å². The zero-order valence-electron chi connectivity index (χ0n) is 19.8. The molecule has 3 aromatic rings. The summed E-state index contributed by atoms with van der Waals surface area (Å²) in [6, 6.07) is 2.49. The molecule has 0 unspecified atom stereocenters. The Bertz CT molecular complexity index is 1300. The van der Waals surface area contributed by atoms with Gasteiger partial charge >= 0.3 is 0 Å². The number of primary amides is 1. The number of imidazole rings is 1. The Labute approximate surface area is 205 Å². The first kappa shape index (κ1) is 25.0. The summed E-state index contributed by atoms with van der Waals surface area (Å²) in [4.78, 5) is 47.1. The molecule has 3 amide bonds. The van der Waals surface area contributed by atoms with E-state index in [9.17, 15) is 23.2 Å². The number of H-pyrrole nitrogens is 1. The molecule has 0 bridgehead atoms. The number of aryl methyl sites for hydroxylation is 1. The average Bonchev–Trinajstić information content (AvgIpc) is 3.58. The maximum Gasteiger partial charge on any atom is 0.271 e. The lowest BCUT2D eigenvalue weighted by Crippen LogP contribution is -2.37. The summed E-state index contributed by atoms with van der Waals surface area (Å²) in [5.74, 6) is -3.70. The van der Waals surface area contributed by atoms with Crippen molar-refractivity contribution in [3.8, 4) is 11.3 Å². The van der Waals surface area contributed by atoms with Crippen LogP contribution in [0.15, 0.2) is 28.9 Å². The second kappa shape index (κ2) is 10.3. The van der Waals surface area contributed by atoms with Crippen molar-refractivity contribution in [2.75, 3.05) is 13.1 Å². The second-order valence-electron chi connectivity index (χ2n) is 8.75. The zero-order chi connectivity index (χ0) is 26.0. The summed E-state index contributed by atoms with van der Waals surface area (Å²) < 4.78 is 32.5. The van der Waals surface area contributed by atoms with E-state index in [1.54, 1.807) is 11.8 Å². The van der Waals surface area contributed by atoms with Crippen LogP contribution in [-0.2, 0) is 9.59 Å². The molecule has 12 heteroatoms. The predicted octanol–water partition coefficient (Wildman–Crippen LogP) is 2.72. The van der Waals surface area contributed by atoms with Crippen LogP contribution in [0.25, 0.3) is 11.3 Å². The van der Waals surface area contributed by atoms with E-state index in [1.165, 1.54) is 19.2 Å². The third-order valence-corrected chi connectivity index (χ3v) is 6.23. The minimum absolute atomic E-state index is 0.119. The summed E-state index contributed by atoms with van der Waals surface area (Å²) in [5, 5.41) is 6.46. The van der Waals surface area contributed by atoms with Crippen LogP contribution in [0.5, 0.6) is 0 Å². The van der Waals surface area contributed by atoms with Gasteiger partial charge in [0.25, 0.3) is 5.91 Å². The number of benzene rings is 1. The first-order valence-electron chi connectivity index (χ1n) is 11.5. The van der Waals surface area contributed by atoms with E-state index >= 15 is 0 Å². The topological polar surface area (TPSA) is 147 Å². The molecule has 1 aliphatic heterocycles. The van der Waals surface area contributed by atoms with E-state index in [1.807, 2.05) is 0 Å². The van der Waals surface area contributed by atoms with E-state index in [0.29, 0.717) is 24.6 Å². The zero-order valence-corrected chi connectivity index (χ0v) is 19.8. The summed E-state index contributed by atoms with van der Waals surface area (Å²) in [5.41, 5.74) is 5.81. The number of likely N-dealkylation sites (tertiary alicyclic amines) is 1. The van der Waals surface area contributed by atoms with Gasteiger partial charge in [-0.3, -0.25) is 14.4 Å². The molecule has 36 heavy (non-hydrogen) atoms. The minimum atomic E-state index is -1.08. The molecular weight excluding hydrogens is 474 g/mol. The van der Waals surface area contributed by atoms with Gasteiger partial charge in [0.1, 0.15) is 23.2 Å². The van der Waals surface area contributed by atoms with Crippen molar-refractivity contribution < 1.29 is 27.7 Å². The van der Waals surface area contributed by atoms with Crippen molar-refractivity contribution in [2.45, 2.75) is 45.1 Å². The molecule has 1 aromatic carbocycles. The lowest BCUT2D eigenvalue weighted by Gasteiger charge is -2.22. The lowest BCUT2D eigenvalue weighted by molar-refractivity contribution is -0.134. The largest absolute Gasteiger partial charge is 0.364 e. The second-order valence-corrected chi connectivity index (χ2v) is 8.75. The molecule has 10 nitrogen and oxygen atoms in total. The quantitative estimate of drug-likeness (QED) is 0.433. The van der Waals surface area contributed by atoms with Crippen molar-refractivity contribution in [1.29, 1.82) is 0 Å². The van der Waals surface area contributed by atoms with Crippen LogP contribution in [-0.4, -0.2) is 50.8 Å². The van der Waals surface area contributed by atoms with Crippen molar-refractivity contribution in [2.24, 2.45) is 5.73 Å². The number of nitrogens with one attached hydrogen (secondary N) is 2. The number of nitrogens with two attached hydrogens (primary N) is 1. The van der Waals surface area contributed by atoms with Crippen molar-refractivity contribution in [3.05, 3.63) is 58.9 Å². The summed E-state index contributed by atoms with van der Waals surface area (Å²) in [6.07, 6.45) is 2.94. The third kappa shape index (κ3) is 5.11. The van der Waals surface area contributed by atoms with E-state index < -0.39 is 35.4 Å². The number of aromatic amines is 1. The van der Waals surface area contributed by atoms with E-state index in [-0.39, 0.29) is 34.9 Å². The fourth-order valence-electron chi connectivity index (χ4n) is 4.35. The standard InChI is InChI=1S/C24H26F2N6O4/c1-12(23-28-11-18(30-23)15-6-5-14(25)9-17(15)26)29-24(35)16(10-19(33)32-7-3-4-8-32)20-13(2)36-31-21(20)22(27)34/h5-6,9,11-12,16H,3-4,7-8,10H2,1-2H3,(H2,27,34)(H,28,30)(H,29,35)/t12-,16-/m0/s1. The van der Waals surface area contributed by atoms with Crippen LogP contribution in [0.4, 0.5) is 8.78 Å². The number of halogens is 2. The van der Waals surface area contributed by atoms with Gasteiger partial charge in [-0.2, -0.15) is 0 Å². The molecule has 1 aliphatic rings. The fraction of sp³-hybridized carbons (Fsp3) is 0.375. The normalized spacial score (nSPS) is 15.1. The van der Waals surface area contributed by atoms with Crippen molar-refractivity contribution in [3.63, 3.8) is 0 Å². The van der Waals surface area contributed by atoms with Gasteiger partial charge in [0.2, 0.25) is 11.8 Å². The Kier molecular flexibility index (Phi) is 7.13. The number of hydrogen-bond donors (Lipinski definition) is 3. The van der Waals surface area contributed by atoms with Crippen LogP contribution < -0.4 is 11.1 Å². The highest BCUT2D eigenvalue weighted by molar-refractivity contribution is 5.97. The summed E-state index contributed by atoms with van der Waals surface area (Å²) in [7, 11) is 0. The van der Waals surface area contributed by atoms with Gasteiger partial charge in [0, 0.05) is 36.7 Å². The molecule has 0 radical (unpaired) electrons. The molecule has 0 spiro atoms. The lowest BCUT2D eigenvalue weighted by atomic mass is 9.91. The summed E-state index contributed by atoms with van der Waals surface area (Å²) in [6.45, 7) is 4.39. The first-order valence-corrected chi connectivity index (χ1v) is 11.5.